The summed E-state index contributed by atoms with van der Waals surface area (Å²) in [4.78, 5) is 31.0. The van der Waals surface area contributed by atoms with Crippen LogP contribution in [0.4, 0.5) is 5.00 Å². The molecule has 2 heterocycles. The zero-order valence-corrected chi connectivity index (χ0v) is 19.4. The van der Waals surface area contributed by atoms with Gasteiger partial charge in [-0.25, -0.2) is 9.78 Å². The Labute approximate surface area is 194 Å². The van der Waals surface area contributed by atoms with Crippen LogP contribution >= 0.6 is 22.7 Å². The zero-order chi connectivity index (χ0) is 22.2. The fourth-order valence-electron chi connectivity index (χ4n) is 4.10. The number of thiophene rings is 1. The Morgan fingerprint density at radius 1 is 1.06 bits per heavy atom. The molecule has 2 aromatic heterocycles. The van der Waals surface area contributed by atoms with Crippen LogP contribution in [0.5, 0.6) is 0 Å². The quantitative estimate of drug-likeness (QED) is 0.367. The van der Waals surface area contributed by atoms with E-state index in [0.717, 1.165) is 45.1 Å². The molecule has 32 heavy (non-hydrogen) atoms. The molecule has 0 bridgehead atoms. The fraction of sp³-hybridized carbons (Fsp3) is 0.240. The Bertz CT molecular complexity index is 1290. The van der Waals surface area contributed by atoms with E-state index in [1.165, 1.54) is 17.6 Å². The van der Waals surface area contributed by atoms with Crippen molar-refractivity contribution >= 4 is 49.8 Å². The van der Waals surface area contributed by atoms with Gasteiger partial charge in [0.25, 0.3) is 5.91 Å². The van der Waals surface area contributed by atoms with Crippen LogP contribution < -0.4 is 5.32 Å². The van der Waals surface area contributed by atoms with Gasteiger partial charge in [-0.1, -0.05) is 19.1 Å². The Morgan fingerprint density at radius 3 is 2.56 bits per heavy atom. The number of fused-ring (bicyclic) bond motifs is 2. The van der Waals surface area contributed by atoms with Gasteiger partial charge in [0.1, 0.15) is 10.0 Å². The third kappa shape index (κ3) is 3.82. The van der Waals surface area contributed by atoms with Gasteiger partial charge in [-0.15, -0.1) is 22.7 Å². The largest absolute Gasteiger partial charge is 0.465 e. The van der Waals surface area contributed by atoms with Crippen molar-refractivity contribution in [2.24, 2.45) is 5.92 Å². The van der Waals surface area contributed by atoms with Gasteiger partial charge in [0.2, 0.25) is 0 Å². The molecule has 1 aliphatic carbocycles. The molecular weight excluding hydrogens is 440 g/mol. The number of nitrogens with zero attached hydrogens (tertiary/aromatic N) is 1. The van der Waals surface area contributed by atoms with Crippen LogP contribution in [-0.2, 0) is 17.6 Å². The number of carbonyl (C=O) groups excluding carboxylic acids is 2. The van der Waals surface area contributed by atoms with E-state index in [1.54, 1.807) is 46.9 Å². The third-order valence-electron chi connectivity index (χ3n) is 5.81. The second-order valence-electron chi connectivity index (χ2n) is 8.07. The van der Waals surface area contributed by atoms with Crippen LogP contribution in [0.2, 0.25) is 0 Å². The van der Waals surface area contributed by atoms with Crippen LogP contribution in [0.15, 0.2) is 48.5 Å². The monoisotopic (exact) mass is 462 g/mol. The van der Waals surface area contributed by atoms with Crippen molar-refractivity contribution in [3.63, 3.8) is 0 Å². The number of nitrogens with one attached hydrogen (secondary N) is 1. The zero-order valence-electron chi connectivity index (χ0n) is 17.8. The highest BCUT2D eigenvalue weighted by Crippen LogP contribution is 2.47. The lowest BCUT2D eigenvalue weighted by Crippen LogP contribution is -2.12. The van der Waals surface area contributed by atoms with Crippen molar-refractivity contribution in [2.75, 3.05) is 12.4 Å². The Balaban J connectivity index is 1.52. The average molecular weight is 463 g/mol. The van der Waals surface area contributed by atoms with E-state index in [2.05, 4.69) is 18.3 Å². The number of rotatable bonds is 4. The van der Waals surface area contributed by atoms with Crippen molar-refractivity contribution in [3.8, 4) is 10.6 Å². The van der Waals surface area contributed by atoms with Crippen LogP contribution in [0.25, 0.3) is 20.8 Å². The van der Waals surface area contributed by atoms with Gasteiger partial charge in [-0.05, 0) is 67.1 Å². The third-order valence-corrected chi connectivity index (χ3v) is 8.04. The number of methoxy groups -OCH3 is 1. The molecule has 162 valence electrons. The smallest absolute Gasteiger partial charge is 0.337 e. The first-order chi connectivity index (χ1) is 15.5. The lowest BCUT2D eigenvalue weighted by Gasteiger charge is -2.18. The van der Waals surface area contributed by atoms with Gasteiger partial charge in [0.15, 0.2) is 0 Å². The number of esters is 1. The predicted molar refractivity (Wildman–Crippen MR) is 130 cm³/mol. The maximum atomic E-state index is 13.1. The number of thiazole rings is 1. The molecule has 1 amide bonds. The first-order valence-corrected chi connectivity index (χ1v) is 12.2. The summed E-state index contributed by atoms with van der Waals surface area (Å²) in [6.45, 7) is 2.28. The highest BCUT2D eigenvalue weighted by Gasteiger charge is 2.27. The lowest BCUT2D eigenvalue weighted by atomic mass is 9.88. The predicted octanol–water partition coefficient (Wildman–Crippen LogP) is 6.19. The standard InChI is InChI=1S/C25H22N2O3S2/c1-14-7-12-17-20(13-14)32-24(21(17)23-26-18-5-3-4-6-19(18)31-23)27-22(28)15-8-10-16(11-9-15)25(29)30-2/h3-6,8-11,14H,7,12-13H2,1-2H3,(H,27,28)/t14-/m1/s1. The molecule has 4 aromatic rings. The number of para-hydroxylation sites is 1. The summed E-state index contributed by atoms with van der Waals surface area (Å²) in [6, 6.07) is 14.6. The molecule has 0 aliphatic heterocycles. The number of amides is 1. The number of anilines is 1. The van der Waals surface area contributed by atoms with Gasteiger partial charge >= 0.3 is 5.97 Å². The number of ether oxygens (including phenoxy) is 1. The SMILES string of the molecule is COC(=O)c1ccc(C(=O)Nc2sc3c(c2-c2nc4ccccc4s2)CC[C@@H](C)C3)cc1. The summed E-state index contributed by atoms with van der Waals surface area (Å²) in [5, 5.41) is 4.94. The molecule has 0 unspecified atom stereocenters. The van der Waals surface area contributed by atoms with Crippen LogP contribution in [-0.4, -0.2) is 24.0 Å². The molecule has 0 saturated heterocycles. The molecule has 1 N–H and O–H groups in total. The minimum atomic E-state index is -0.421. The molecule has 0 radical (unpaired) electrons. The molecule has 5 nitrogen and oxygen atoms in total. The summed E-state index contributed by atoms with van der Waals surface area (Å²) in [6.07, 6.45) is 3.17. The fourth-order valence-corrected chi connectivity index (χ4v) is 6.61. The summed E-state index contributed by atoms with van der Waals surface area (Å²) < 4.78 is 5.87. The van der Waals surface area contributed by atoms with Crippen molar-refractivity contribution < 1.29 is 14.3 Å². The van der Waals surface area contributed by atoms with Gasteiger partial charge in [-0.2, -0.15) is 0 Å². The number of benzene rings is 2. The topological polar surface area (TPSA) is 68.3 Å². The molecule has 0 fully saturated rings. The van der Waals surface area contributed by atoms with Crippen molar-refractivity contribution in [1.29, 1.82) is 0 Å². The number of hydrogen-bond donors (Lipinski definition) is 1. The molecule has 2 aromatic carbocycles. The molecule has 1 aliphatic rings. The summed E-state index contributed by atoms with van der Waals surface area (Å²) in [5.74, 6) is 0.0179. The Hall–Kier alpha value is -3.03. The molecule has 1 atom stereocenters. The molecule has 0 saturated carbocycles. The second-order valence-corrected chi connectivity index (χ2v) is 10.2. The number of hydrogen-bond acceptors (Lipinski definition) is 6. The summed E-state index contributed by atoms with van der Waals surface area (Å²) in [5.41, 5.74) is 4.28. The van der Waals surface area contributed by atoms with E-state index >= 15 is 0 Å². The normalized spacial score (nSPS) is 15.4. The second kappa shape index (κ2) is 8.48. The van der Waals surface area contributed by atoms with Crippen molar-refractivity contribution in [1.82, 2.24) is 4.98 Å². The van der Waals surface area contributed by atoms with E-state index in [1.807, 2.05) is 18.2 Å². The van der Waals surface area contributed by atoms with Crippen molar-refractivity contribution in [2.45, 2.75) is 26.2 Å². The molecule has 7 heteroatoms. The first kappa shape index (κ1) is 20.8. The minimum absolute atomic E-state index is 0.199. The van der Waals surface area contributed by atoms with Gasteiger partial charge in [0, 0.05) is 16.0 Å². The lowest BCUT2D eigenvalue weighted by molar-refractivity contribution is 0.0600. The van der Waals surface area contributed by atoms with E-state index in [9.17, 15) is 9.59 Å². The highest BCUT2D eigenvalue weighted by atomic mass is 32.1. The van der Waals surface area contributed by atoms with E-state index < -0.39 is 5.97 Å². The number of aromatic nitrogens is 1. The first-order valence-electron chi connectivity index (χ1n) is 10.5. The van der Waals surface area contributed by atoms with Gasteiger partial charge in [0.05, 0.1) is 22.9 Å². The highest BCUT2D eigenvalue weighted by molar-refractivity contribution is 7.23. The van der Waals surface area contributed by atoms with Gasteiger partial charge < -0.3 is 10.1 Å². The van der Waals surface area contributed by atoms with Crippen LogP contribution in [0, 0.1) is 5.92 Å². The summed E-state index contributed by atoms with van der Waals surface area (Å²) >= 11 is 3.33. The van der Waals surface area contributed by atoms with Gasteiger partial charge in [-0.3, -0.25) is 4.79 Å². The Kier molecular flexibility index (Phi) is 5.53. The molecular formula is C25H22N2O3S2. The Morgan fingerprint density at radius 2 is 1.81 bits per heavy atom. The summed E-state index contributed by atoms with van der Waals surface area (Å²) in [7, 11) is 1.34. The van der Waals surface area contributed by atoms with E-state index in [4.69, 9.17) is 9.72 Å². The maximum absolute atomic E-state index is 13.1. The maximum Gasteiger partial charge on any atom is 0.337 e. The molecule has 5 rings (SSSR count). The van der Waals surface area contributed by atoms with Crippen molar-refractivity contribution in [3.05, 3.63) is 70.1 Å². The van der Waals surface area contributed by atoms with E-state index in [0.29, 0.717) is 17.0 Å². The molecule has 0 spiro atoms. The van der Waals surface area contributed by atoms with Crippen LogP contribution in [0.3, 0.4) is 0 Å². The minimum Gasteiger partial charge on any atom is -0.465 e. The van der Waals surface area contributed by atoms with Crippen LogP contribution in [0.1, 0.15) is 44.5 Å². The van der Waals surface area contributed by atoms with E-state index in [-0.39, 0.29) is 5.91 Å². The number of carbonyl (C=O) groups is 2. The average Bonchev–Trinajstić information content (AvgIpc) is 3.38.